The van der Waals surface area contributed by atoms with Crippen molar-refractivity contribution in [2.45, 2.75) is 18.9 Å². The van der Waals surface area contributed by atoms with E-state index >= 15 is 0 Å². The lowest BCUT2D eigenvalue weighted by Gasteiger charge is -2.31. The van der Waals surface area contributed by atoms with Gasteiger partial charge in [-0.2, -0.15) is 0 Å². The first-order chi connectivity index (χ1) is 8.36. The van der Waals surface area contributed by atoms with Crippen LogP contribution in [-0.4, -0.2) is 15.3 Å². The van der Waals surface area contributed by atoms with Crippen LogP contribution in [0.5, 0.6) is 0 Å². The van der Waals surface area contributed by atoms with Crippen molar-refractivity contribution < 1.29 is 4.79 Å². The van der Waals surface area contributed by atoms with Crippen LogP contribution < -0.4 is 0 Å². The van der Waals surface area contributed by atoms with E-state index < -0.39 is 0 Å². The number of ketones is 1. The second-order valence-electron chi connectivity index (χ2n) is 4.83. The molecule has 0 unspecified atom stereocenters. The highest BCUT2D eigenvalue weighted by Crippen LogP contribution is 2.47. The molecule has 1 aromatic heterocycles. The minimum atomic E-state index is 0.159. The lowest BCUT2D eigenvalue weighted by Crippen LogP contribution is -2.33. The van der Waals surface area contributed by atoms with Gasteiger partial charge in [0.25, 0.3) is 0 Å². The molecule has 1 aromatic carbocycles. The third-order valence-electron chi connectivity index (χ3n) is 4.02. The summed E-state index contributed by atoms with van der Waals surface area (Å²) in [7, 11) is 0. The lowest BCUT2D eigenvalue weighted by molar-refractivity contribution is -0.130. The van der Waals surface area contributed by atoms with E-state index in [0.29, 0.717) is 5.78 Å². The first-order valence-electron chi connectivity index (χ1n) is 6.00. The Morgan fingerprint density at radius 1 is 1.29 bits per heavy atom. The molecule has 1 aliphatic heterocycles. The number of carbonyl (C=O) groups excluding carboxylic acids is 1. The van der Waals surface area contributed by atoms with E-state index in [4.69, 9.17) is 0 Å². The fourth-order valence-electron chi connectivity index (χ4n) is 3.05. The first kappa shape index (κ1) is 9.16. The molecule has 0 N–H and O–H groups in total. The maximum absolute atomic E-state index is 11.7. The SMILES string of the molecule is O=C1CC[C@@H]1[C@H]1c2ccccc2-c2cncn21. The summed E-state index contributed by atoms with van der Waals surface area (Å²) in [6.45, 7) is 0. The fourth-order valence-corrected chi connectivity index (χ4v) is 3.05. The average molecular weight is 224 g/mol. The van der Waals surface area contributed by atoms with Gasteiger partial charge in [-0.3, -0.25) is 4.79 Å². The van der Waals surface area contributed by atoms with Crippen molar-refractivity contribution in [1.29, 1.82) is 0 Å². The average Bonchev–Trinajstić information content (AvgIpc) is 2.91. The molecule has 0 amide bonds. The fraction of sp³-hybridized carbons (Fsp3) is 0.286. The van der Waals surface area contributed by atoms with Crippen molar-refractivity contribution in [3.8, 4) is 11.3 Å². The van der Waals surface area contributed by atoms with Crippen molar-refractivity contribution in [1.82, 2.24) is 9.55 Å². The van der Waals surface area contributed by atoms with Gasteiger partial charge in [0.1, 0.15) is 5.78 Å². The summed E-state index contributed by atoms with van der Waals surface area (Å²) in [4.78, 5) is 15.9. The minimum absolute atomic E-state index is 0.159. The van der Waals surface area contributed by atoms with E-state index in [1.807, 2.05) is 18.6 Å². The molecule has 2 heterocycles. The Morgan fingerprint density at radius 3 is 2.94 bits per heavy atom. The lowest BCUT2D eigenvalue weighted by atomic mass is 9.76. The Hall–Kier alpha value is -1.90. The van der Waals surface area contributed by atoms with Gasteiger partial charge in [0.05, 0.1) is 24.3 Å². The minimum Gasteiger partial charge on any atom is -0.322 e. The second-order valence-corrected chi connectivity index (χ2v) is 4.83. The number of imidazole rings is 1. The zero-order chi connectivity index (χ0) is 11.4. The summed E-state index contributed by atoms with van der Waals surface area (Å²) >= 11 is 0. The summed E-state index contributed by atoms with van der Waals surface area (Å²) in [5.41, 5.74) is 3.66. The Kier molecular flexibility index (Phi) is 1.65. The van der Waals surface area contributed by atoms with E-state index in [2.05, 4.69) is 27.8 Å². The number of aromatic nitrogens is 2. The number of carbonyl (C=O) groups is 1. The summed E-state index contributed by atoms with van der Waals surface area (Å²) < 4.78 is 2.16. The number of hydrogen-bond donors (Lipinski definition) is 0. The summed E-state index contributed by atoms with van der Waals surface area (Å²) in [6, 6.07) is 8.53. The van der Waals surface area contributed by atoms with Crippen LogP contribution in [0.3, 0.4) is 0 Å². The van der Waals surface area contributed by atoms with Gasteiger partial charge in [-0.05, 0) is 12.0 Å². The van der Waals surface area contributed by atoms with Crippen LogP contribution in [0.25, 0.3) is 11.3 Å². The topological polar surface area (TPSA) is 34.9 Å². The van der Waals surface area contributed by atoms with Crippen LogP contribution in [-0.2, 0) is 4.79 Å². The molecular weight excluding hydrogens is 212 g/mol. The van der Waals surface area contributed by atoms with Crippen LogP contribution in [0.15, 0.2) is 36.8 Å². The second kappa shape index (κ2) is 3.06. The third-order valence-corrected chi connectivity index (χ3v) is 4.02. The molecule has 1 aliphatic carbocycles. The first-order valence-corrected chi connectivity index (χ1v) is 6.00. The predicted molar refractivity (Wildman–Crippen MR) is 63.5 cm³/mol. The molecule has 84 valence electrons. The van der Waals surface area contributed by atoms with Crippen LogP contribution >= 0.6 is 0 Å². The number of benzene rings is 1. The Morgan fingerprint density at radius 2 is 2.18 bits per heavy atom. The molecule has 0 spiro atoms. The largest absolute Gasteiger partial charge is 0.322 e. The summed E-state index contributed by atoms with van der Waals surface area (Å²) in [5, 5.41) is 0. The molecule has 2 aliphatic rings. The Labute approximate surface area is 99.1 Å². The van der Waals surface area contributed by atoms with Crippen LogP contribution in [0.4, 0.5) is 0 Å². The number of rotatable bonds is 1. The number of hydrogen-bond acceptors (Lipinski definition) is 2. The van der Waals surface area contributed by atoms with Crippen molar-refractivity contribution in [3.05, 3.63) is 42.4 Å². The molecule has 1 saturated carbocycles. The molecule has 3 heteroatoms. The highest BCUT2D eigenvalue weighted by Gasteiger charge is 2.41. The molecule has 1 fully saturated rings. The zero-order valence-electron chi connectivity index (χ0n) is 9.34. The monoisotopic (exact) mass is 224 g/mol. The molecular formula is C14H12N2O. The highest BCUT2D eigenvalue weighted by molar-refractivity contribution is 5.88. The van der Waals surface area contributed by atoms with Crippen molar-refractivity contribution in [2.24, 2.45) is 5.92 Å². The Bertz CT molecular complexity index is 614. The number of Topliss-reactive ketones (excluding diaryl/α,β-unsaturated/α-hetero) is 1. The summed E-state index contributed by atoms with van der Waals surface area (Å²) in [5.74, 6) is 0.554. The van der Waals surface area contributed by atoms with Gasteiger partial charge in [0.2, 0.25) is 0 Å². The van der Waals surface area contributed by atoms with Crippen LogP contribution in [0.1, 0.15) is 24.4 Å². The molecule has 0 saturated heterocycles. The maximum Gasteiger partial charge on any atom is 0.138 e. The molecule has 0 radical (unpaired) electrons. The van der Waals surface area contributed by atoms with E-state index in [1.165, 1.54) is 11.1 Å². The van der Waals surface area contributed by atoms with E-state index in [0.717, 1.165) is 18.5 Å². The van der Waals surface area contributed by atoms with E-state index in [9.17, 15) is 4.79 Å². The van der Waals surface area contributed by atoms with Gasteiger partial charge in [0.15, 0.2) is 0 Å². The standard InChI is InChI=1S/C14H12N2O/c17-13-6-5-11(13)14-10-4-2-1-3-9(10)12-7-15-8-16(12)14/h1-4,7-8,11,14H,5-6H2/t11-,14+/m0/s1. The predicted octanol–water partition coefficient (Wildman–Crippen LogP) is 2.43. The van der Waals surface area contributed by atoms with Crippen molar-refractivity contribution in [3.63, 3.8) is 0 Å². The molecule has 2 atom stereocenters. The molecule has 0 bridgehead atoms. The summed E-state index contributed by atoms with van der Waals surface area (Å²) in [6.07, 6.45) is 5.50. The van der Waals surface area contributed by atoms with Crippen molar-refractivity contribution >= 4 is 5.78 Å². The maximum atomic E-state index is 11.7. The Balaban J connectivity index is 1.93. The molecule has 4 rings (SSSR count). The van der Waals surface area contributed by atoms with Crippen molar-refractivity contribution in [2.75, 3.05) is 0 Å². The highest BCUT2D eigenvalue weighted by atomic mass is 16.1. The van der Waals surface area contributed by atoms with Gasteiger partial charge in [-0.1, -0.05) is 24.3 Å². The van der Waals surface area contributed by atoms with Gasteiger partial charge in [0, 0.05) is 17.9 Å². The van der Waals surface area contributed by atoms with Gasteiger partial charge < -0.3 is 4.57 Å². The third kappa shape index (κ3) is 1.06. The van der Waals surface area contributed by atoms with E-state index in [-0.39, 0.29) is 12.0 Å². The molecule has 3 nitrogen and oxygen atoms in total. The van der Waals surface area contributed by atoms with Crippen LogP contribution in [0, 0.1) is 5.92 Å². The normalized spacial score (nSPS) is 25.3. The van der Waals surface area contributed by atoms with Gasteiger partial charge in [-0.15, -0.1) is 0 Å². The van der Waals surface area contributed by atoms with E-state index in [1.54, 1.807) is 0 Å². The quantitative estimate of drug-likeness (QED) is 0.745. The van der Waals surface area contributed by atoms with Gasteiger partial charge in [-0.25, -0.2) is 4.98 Å². The number of nitrogens with zero attached hydrogens (tertiary/aromatic N) is 2. The zero-order valence-corrected chi connectivity index (χ0v) is 9.34. The molecule has 17 heavy (non-hydrogen) atoms. The van der Waals surface area contributed by atoms with Crippen LogP contribution in [0.2, 0.25) is 0 Å². The molecule has 2 aromatic rings. The smallest absolute Gasteiger partial charge is 0.138 e. The number of fused-ring (bicyclic) bond motifs is 3. The van der Waals surface area contributed by atoms with Gasteiger partial charge >= 0.3 is 0 Å².